The maximum absolute atomic E-state index is 12.4. The van der Waals surface area contributed by atoms with Crippen LogP contribution in [0.1, 0.15) is 64.0 Å². The zero-order valence-electron chi connectivity index (χ0n) is 18.3. The Morgan fingerprint density at radius 1 is 1.23 bits per heavy atom. The predicted molar refractivity (Wildman–Crippen MR) is 121 cm³/mol. The number of nitrogens with one attached hydrogen (secondary N) is 1. The predicted octanol–water partition coefficient (Wildman–Crippen LogP) is 5.40. The van der Waals surface area contributed by atoms with Gasteiger partial charge in [-0.05, 0) is 45.6 Å². The first-order valence-corrected chi connectivity index (χ1v) is 11.8. The average molecular weight is 448 g/mol. The largest absolute Gasteiger partial charge is 0.444 e. The van der Waals surface area contributed by atoms with Crippen LogP contribution in [0, 0.1) is 12.8 Å². The molecule has 0 radical (unpaired) electrons. The third-order valence-electron chi connectivity index (χ3n) is 4.19. The highest BCUT2D eigenvalue weighted by Crippen LogP contribution is 2.29. The van der Waals surface area contributed by atoms with Crippen molar-refractivity contribution in [3.63, 3.8) is 0 Å². The van der Waals surface area contributed by atoms with Gasteiger partial charge in [0.1, 0.15) is 5.60 Å². The molecule has 1 aromatic carbocycles. The normalized spacial score (nSPS) is 13.0. The van der Waals surface area contributed by atoms with Gasteiger partial charge < -0.3 is 10.1 Å². The summed E-state index contributed by atoms with van der Waals surface area (Å²) in [5.41, 5.74) is 1.94. The van der Waals surface area contributed by atoms with E-state index in [4.69, 9.17) is 9.84 Å². The summed E-state index contributed by atoms with van der Waals surface area (Å²) in [7, 11) is 0. The molecule has 30 heavy (non-hydrogen) atoms. The molecule has 0 saturated carbocycles. The Labute approximate surface area is 185 Å². The molecule has 1 atom stereocenters. The first-order valence-electron chi connectivity index (χ1n) is 10.0. The summed E-state index contributed by atoms with van der Waals surface area (Å²) in [6.07, 6.45) is 0.248. The van der Waals surface area contributed by atoms with E-state index in [0.29, 0.717) is 18.2 Å². The fraction of sp³-hybridized carbons (Fsp3) is 0.524. The van der Waals surface area contributed by atoms with Crippen LogP contribution in [0.3, 0.4) is 0 Å². The van der Waals surface area contributed by atoms with Crippen molar-refractivity contribution in [1.82, 2.24) is 25.1 Å². The third-order valence-corrected chi connectivity index (χ3v) is 6.29. The Hall–Kier alpha value is -2.13. The molecule has 0 aliphatic heterocycles. The molecule has 2 heterocycles. The zero-order chi connectivity index (χ0) is 21.9. The lowest BCUT2D eigenvalue weighted by Crippen LogP contribution is -2.36. The Morgan fingerprint density at radius 2 is 1.93 bits per heavy atom. The standard InChI is InChI=1S/C21H29N5O2S2/c1-13(2)11-16(22-19(27)28-21(4,5)6)17-23-24-18-26(17)25-20(30-18)29-12-15-9-7-14(3)8-10-15/h7-10,13,16H,11-12H2,1-6H3,(H,22,27). The molecular weight excluding hydrogens is 418 g/mol. The van der Waals surface area contributed by atoms with Gasteiger partial charge in [-0.2, -0.15) is 4.52 Å². The molecule has 0 bridgehead atoms. The van der Waals surface area contributed by atoms with Crippen LogP contribution >= 0.6 is 23.1 Å². The van der Waals surface area contributed by atoms with Crippen LogP contribution in [0.15, 0.2) is 28.6 Å². The molecule has 3 rings (SSSR count). The van der Waals surface area contributed by atoms with Gasteiger partial charge in [0.15, 0.2) is 10.2 Å². The van der Waals surface area contributed by atoms with Crippen molar-refractivity contribution in [3.05, 3.63) is 41.2 Å². The third kappa shape index (κ3) is 6.18. The number of carbonyl (C=O) groups excluding carboxylic acids is 1. The highest BCUT2D eigenvalue weighted by molar-refractivity contribution is 8.00. The number of aryl methyl sites for hydroxylation is 1. The quantitative estimate of drug-likeness (QED) is 0.489. The molecule has 0 saturated heterocycles. The molecule has 1 unspecified atom stereocenters. The van der Waals surface area contributed by atoms with E-state index in [2.05, 4.69) is 60.6 Å². The number of thioether (sulfide) groups is 1. The molecule has 2 aromatic heterocycles. The molecule has 162 valence electrons. The number of rotatable bonds is 7. The summed E-state index contributed by atoms with van der Waals surface area (Å²) in [5, 5.41) is 16.2. The van der Waals surface area contributed by atoms with E-state index in [0.717, 1.165) is 15.1 Å². The number of amides is 1. The van der Waals surface area contributed by atoms with Crippen LogP contribution in [-0.2, 0) is 10.5 Å². The number of aromatic nitrogens is 4. The van der Waals surface area contributed by atoms with Crippen molar-refractivity contribution in [2.75, 3.05) is 0 Å². The van der Waals surface area contributed by atoms with Crippen molar-refractivity contribution < 1.29 is 9.53 Å². The Bertz CT molecular complexity index is 989. The van der Waals surface area contributed by atoms with Crippen molar-refractivity contribution in [2.45, 2.75) is 69.7 Å². The molecule has 1 N–H and O–H groups in total. The highest BCUT2D eigenvalue weighted by Gasteiger charge is 2.26. The van der Waals surface area contributed by atoms with Crippen LogP contribution in [0.25, 0.3) is 4.96 Å². The van der Waals surface area contributed by atoms with Crippen LogP contribution in [0.2, 0.25) is 0 Å². The first-order chi connectivity index (χ1) is 14.1. The number of hydrogen-bond donors (Lipinski definition) is 1. The molecule has 0 spiro atoms. The minimum absolute atomic E-state index is 0.327. The van der Waals surface area contributed by atoms with Crippen LogP contribution in [0.4, 0.5) is 4.79 Å². The number of carbonyl (C=O) groups is 1. The van der Waals surface area contributed by atoms with Gasteiger partial charge in [-0.1, -0.05) is 66.8 Å². The minimum atomic E-state index is -0.562. The second kappa shape index (κ2) is 9.34. The summed E-state index contributed by atoms with van der Waals surface area (Å²) in [5.74, 6) is 1.82. The van der Waals surface area contributed by atoms with Crippen LogP contribution in [-0.4, -0.2) is 31.5 Å². The maximum atomic E-state index is 12.4. The van der Waals surface area contributed by atoms with Crippen LogP contribution in [0.5, 0.6) is 0 Å². The smallest absolute Gasteiger partial charge is 0.408 e. The van der Waals surface area contributed by atoms with Gasteiger partial charge in [-0.25, -0.2) is 4.79 Å². The molecule has 0 fully saturated rings. The summed E-state index contributed by atoms with van der Waals surface area (Å²) in [6.45, 7) is 11.8. The fourth-order valence-electron chi connectivity index (χ4n) is 2.87. The fourth-order valence-corrected chi connectivity index (χ4v) is 4.71. The van der Waals surface area contributed by atoms with Gasteiger partial charge in [-0.15, -0.1) is 15.3 Å². The van der Waals surface area contributed by atoms with Gasteiger partial charge in [0.05, 0.1) is 6.04 Å². The topological polar surface area (TPSA) is 81.4 Å². The van der Waals surface area contributed by atoms with Gasteiger partial charge in [0.25, 0.3) is 0 Å². The van der Waals surface area contributed by atoms with E-state index < -0.39 is 11.7 Å². The number of hydrogen-bond acceptors (Lipinski definition) is 7. The molecule has 3 aromatic rings. The van der Waals surface area contributed by atoms with Gasteiger partial charge in [0.2, 0.25) is 4.96 Å². The highest BCUT2D eigenvalue weighted by atomic mass is 32.2. The first kappa shape index (κ1) is 22.6. The van der Waals surface area contributed by atoms with Crippen molar-refractivity contribution >= 4 is 34.2 Å². The lowest BCUT2D eigenvalue weighted by molar-refractivity contribution is 0.0494. The average Bonchev–Trinajstić information content (AvgIpc) is 3.18. The summed E-state index contributed by atoms with van der Waals surface area (Å²) in [6, 6.07) is 8.18. The monoisotopic (exact) mass is 447 g/mol. The zero-order valence-corrected chi connectivity index (χ0v) is 19.9. The van der Waals surface area contributed by atoms with E-state index in [1.54, 1.807) is 16.3 Å². The Kier molecular flexibility index (Phi) is 7.02. The van der Waals surface area contributed by atoms with Crippen molar-refractivity contribution in [2.24, 2.45) is 5.92 Å². The Morgan fingerprint density at radius 3 is 2.57 bits per heavy atom. The summed E-state index contributed by atoms with van der Waals surface area (Å²) < 4.78 is 8.09. The molecular formula is C21H29N5O2S2. The molecule has 7 nitrogen and oxygen atoms in total. The van der Waals surface area contributed by atoms with Crippen LogP contribution < -0.4 is 5.32 Å². The van der Waals surface area contributed by atoms with Crippen molar-refractivity contribution in [1.29, 1.82) is 0 Å². The van der Waals surface area contributed by atoms with Crippen molar-refractivity contribution in [3.8, 4) is 0 Å². The van der Waals surface area contributed by atoms with Gasteiger partial charge >= 0.3 is 6.09 Å². The van der Waals surface area contributed by atoms with E-state index >= 15 is 0 Å². The van der Waals surface area contributed by atoms with E-state index in [1.165, 1.54) is 22.5 Å². The number of alkyl carbamates (subject to hydrolysis) is 1. The Balaban J connectivity index is 1.76. The summed E-state index contributed by atoms with van der Waals surface area (Å²) in [4.78, 5) is 13.1. The molecule has 9 heteroatoms. The molecule has 0 aliphatic carbocycles. The lowest BCUT2D eigenvalue weighted by Gasteiger charge is -2.23. The lowest BCUT2D eigenvalue weighted by atomic mass is 10.0. The van der Waals surface area contributed by atoms with E-state index in [-0.39, 0.29) is 6.04 Å². The number of benzene rings is 1. The van der Waals surface area contributed by atoms with E-state index in [1.807, 2.05) is 20.8 Å². The van der Waals surface area contributed by atoms with Gasteiger partial charge in [-0.3, -0.25) is 0 Å². The SMILES string of the molecule is Cc1ccc(CSc2nn3c(C(CC(C)C)NC(=O)OC(C)(C)C)nnc3s2)cc1. The number of nitrogens with zero attached hydrogens (tertiary/aromatic N) is 4. The second-order valence-electron chi connectivity index (χ2n) is 8.72. The summed E-state index contributed by atoms with van der Waals surface area (Å²) >= 11 is 3.18. The van der Waals surface area contributed by atoms with E-state index in [9.17, 15) is 4.79 Å². The minimum Gasteiger partial charge on any atom is -0.444 e. The van der Waals surface area contributed by atoms with Gasteiger partial charge in [0, 0.05) is 5.75 Å². The number of ether oxygens (including phenoxy) is 1. The second-order valence-corrected chi connectivity index (χ2v) is 10.9. The molecule has 0 aliphatic rings. The molecule has 1 amide bonds. The number of fused-ring (bicyclic) bond motifs is 1. The maximum Gasteiger partial charge on any atom is 0.408 e.